The fourth-order valence-electron chi connectivity index (χ4n) is 5.24. The quantitative estimate of drug-likeness (QED) is 0.476. The molecule has 128 valence electrons. The molecule has 1 nitrogen and oxygen atoms in total. The molecule has 0 rings (SSSR count). The molecule has 0 fully saturated rings. The highest BCUT2D eigenvalue weighted by Gasteiger charge is 2.52. The normalized spacial score (nSPS) is 14.6. The summed E-state index contributed by atoms with van der Waals surface area (Å²) in [6, 6.07) is 0. The number of rotatable bonds is 8. The van der Waals surface area contributed by atoms with Gasteiger partial charge in [-0.15, -0.1) is 0 Å². The summed E-state index contributed by atoms with van der Waals surface area (Å²) < 4.78 is 4.56. The Morgan fingerprint density at radius 3 is 0.619 bits per heavy atom. The zero-order valence-electron chi connectivity index (χ0n) is 17.0. The van der Waals surface area contributed by atoms with Gasteiger partial charge in [-0.1, -0.05) is 83.1 Å². The van der Waals surface area contributed by atoms with E-state index < -0.39 is 16.5 Å². The van der Waals surface area contributed by atoms with Gasteiger partial charge in [0, 0.05) is 0 Å². The summed E-state index contributed by atoms with van der Waals surface area (Å²) in [6.07, 6.45) is 0. The second-order valence-electron chi connectivity index (χ2n) is 8.92. The predicted molar refractivity (Wildman–Crippen MR) is 105 cm³/mol. The Balaban J connectivity index is 6.06. The van der Waals surface area contributed by atoms with Crippen LogP contribution in [0.1, 0.15) is 83.1 Å². The topological polar surface area (TPSA) is 12.0 Å². The minimum absolute atomic E-state index is 0.792. The van der Waals surface area contributed by atoms with Gasteiger partial charge in [-0.05, 0) is 33.2 Å². The smallest absolute Gasteiger partial charge is 0.126 e. The van der Waals surface area contributed by atoms with E-state index in [2.05, 4.69) is 87.7 Å². The van der Waals surface area contributed by atoms with Gasteiger partial charge in [-0.25, -0.2) is 0 Å². The molecule has 0 saturated carbocycles. The molecule has 0 saturated heterocycles. The Hall–Kier alpha value is 0.394. The van der Waals surface area contributed by atoms with E-state index in [1.165, 1.54) is 0 Å². The van der Waals surface area contributed by atoms with Crippen molar-refractivity contribution in [3.63, 3.8) is 0 Å². The largest absolute Gasteiger partial charge is 0.358 e. The van der Waals surface area contributed by atoms with Crippen LogP contribution in [0.4, 0.5) is 0 Å². The maximum absolute atomic E-state index is 4.56. The summed E-state index contributed by atoms with van der Waals surface area (Å²) in [7, 11) is -3.08. The van der Waals surface area contributed by atoms with Crippen molar-refractivity contribution in [1.82, 2.24) is 4.65 Å². The monoisotopic (exact) mass is 329 g/mol. The third kappa shape index (κ3) is 3.84. The maximum atomic E-state index is 4.56. The van der Waals surface area contributed by atoms with Crippen LogP contribution in [0.25, 0.3) is 0 Å². The van der Waals surface area contributed by atoms with Gasteiger partial charge in [0.2, 0.25) is 0 Å². The first kappa shape index (κ1) is 21.4. The summed E-state index contributed by atoms with van der Waals surface area (Å²) in [4.78, 5) is 0. The molecule has 0 aliphatic heterocycles. The van der Waals surface area contributed by atoms with E-state index in [0.29, 0.717) is 0 Å². The molecule has 0 amide bonds. The molecule has 0 aliphatic rings. The van der Waals surface area contributed by atoms with Gasteiger partial charge in [0.05, 0.1) is 0 Å². The van der Waals surface area contributed by atoms with Crippen molar-refractivity contribution in [3.8, 4) is 0 Å². The van der Waals surface area contributed by atoms with Crippen molar-refractivity contribution in [3.05, 3.63) is 0 Å². The van der Waals surface area contributed by atoms with Crippen LogP contribution in [0.2, 0.25) is 33.2 Å². The molecule has 3 heteroatoms. The van der Waals surface area contributed by atoms with E-state index in [0.717, 1.165) is 33.2 Å². The van der Waals surface area contributed by atoms with Crippen LogP contribution in [0.5, 0.6) is 0 Å². The minimum Gasteiger partial charge on any atom is -0.358 e. The van der Waals surface area contributed by atoms with Crippen LogP contribution in [-0.2, 0) is 0 Å². The SMILES string of the molecule is CC(C)[Si](N[Si](C(C)C)(C(C)C)C(C)C)(C(C)C)C(C)C. The molecule has 21 heavy (non-hydrogen) atoms. The number of hydrogen-bond donors (Lipinski definition) is 1. The Labute approximate surface area is 137 Å². The van der Waals surface area contributed by atoms with Crippen LogP contribution >= 0.6 is 0 Å². The van der Waals surface area contributed by atoms with Crippen LogP contribution < -0.4 is 4.65 Å². The van der Waals surface area contributed by atoms with Gasteiger partial charge >= 0.3 is 0 Å². The Bertz CT molecular complexity index is 233. The zero-order chi connectivity index (χ0) is 17.2. The molecule has 0 radical (unpaired) electrons. The molecule has 0 atom stereocenters. The van der Waals surface area contributed by atoms with E-state index in [9.17, 15) is 0 Å². The lowest BCUT2D eigenvalue weighted by atomic mass is 10.5. The molecule has 0 unspecified atom stereocenters. The second-order valence-corrected chi connectivity index (χ2v) is 20.6. The van der Waals surface area contributed by atoms with Gasteiger partial charge in [0.15, 0.2) is 0 Å². The molecule has 0 aromatic rings. The number of nitrogens with one attached hydrogen (secondary N) is 1. The molecule has 0 aliphatic carbocycles. The van der Waals surface area contributed by atoms with Crippen LogP contribution in [0, 0.1) is 0 Å². The first-order valence-electron chi connectivity index (χ1n) is 9.16. The highest BCUT2D eigenvalue weighted by molar-refractivity contribution is 6.96. The van der Waals surface area contributed by atoms with Crippen molar-refractivity contribution < 1.29 is 0 Å². The first-order chi connectivity index (χ1) is 9.37. The predicted octanol–water partition coefficient (Wildman–Crippen LogP) is 6.93. The van der Waals surface area contributed by atoms with E-state index in [4.69, 9.17) is 0 Å². The van der Waals surface area contributed by atoms with Gasteiger partial charge < -0.3 is 4.65 Å². The summed E-state index contributed by atoms with van der Waals surface area (Å²) >= 11 is 0. The van der Waals surface area contributed by atoms with Crippen molar-refractivity contribution >= 4 is 16.5 Å². The Kier molecular flexibility index (Phi) is 7.93. The van der Waals surface area contributed by atoms with Crippen LogP contribution in [0.15, 0.2) is 0 Å². The fraction of sp³-hybridized carbons (Fsp3) is 1.00. The Morgan fingerprint density at radius 2 is 0.524 bits per heavy atom. The van der Waals surface area contributed by atoms with Crippen molar-refractivity contribution in [2.45, 2.75) is 116 Å². The standard InChI is InChI=1S/C18H43NSi2/c1-13(2)20(14(3)4,15(5)6)19-21(16(7)8,17(9)10)18(11)12/h13-19H,1-12H3. The summed E-state index contributed by atoms with van der Waals surface area (Å²) in [5, 5.41) is 0. The third-order valence-electron chi connectivity index (χ3n) is 6.17. The van der Waals surface area contributed by atoms with E-state index in [1.54, 1.807) is 0 Å². The lowest BCUT2D eigenvalue weighted by Crippen LogP contribution is -2.72. The molecule has 0 aromatic heterocycles. The van der Waals surface area contributed by atoms with Crippen molar-refractivity contribution in [1.29, 1.82) is 0 Å². The Morgan fingerprint density at radius 1 is 0.381 bits per heavy atom. The van der Waals surface area contributed by atoms with Gasteiger partial charge in [-0.3, -0.25) is 0 Å². The fourth-order valence-corrected chi connectivity index (χ4v) is 23.2. The lowest BCUT2D eigenvalue weighted by Gasteiger charge is -2.55. The average molecular weight is 330 g/mol. The molecule has 0 heterocycles. The highest BCUT2D eigenvalue weighted by Crippen LogP contribution is 2.46. The van der Waals surface area contributed by atoms with Crippen LogP contribution in [0.3, 0.4) is 0 Å². The minimum atomic E-state index is -1.54. The maximum Gasteiger partial charge on any atom is 0.126 e. The highest BCUT2D eigenvalue weighted by atomic mass is 28.4. The van der Waals surface area contributed by atoms with Crippen molar-refractivity contribution in [2.24, 2.45) is 0 Å². The molecule has 0 spiro atoms. The lowest BCUT2D eigenvalue weighted by molar-refractivity contribution is 0.736. The average Bonchev–Trinajstić information content (AvgIpc) is 2.26. The second kappa shape index (κ2) is 7.78. The summed E-state index contributed by atoms with van der Waals surface area (Å²) in [5.41, 5.74) is 4.75. The summed E-state index contributed by atoms with van der Waals surface area (Å²) in [5.74, 6) is 0. The number of hydrogen-bond acceptors (Lipinski definition) is 1. The van der Waals surface area contributed by atoms with E-state index in [-0.39, 0.29) is 0 Å². The first-order valence-corrected chi connectivity index (χ1v) is 13.6. The molecular weight excluding hydrogens is 286 g/mol. The molecular formula is C18H43NSi2. The van der Waals surface area contributed by atoms with Crippen molar-refractivity contribution in [2.75, 3.05) is 0 Å². The van der Waals surface area contributed by atoms with Gasteiger partial charge in [-0.2, -0.15) is 0 Å². The third-order valence-corrected chi connectivity index (χ3v) is 21.1. The zero-order valence-corrected chi connectivity index (χ0v) is 19.0. The van der Waals surface area contributed by atoms with Crippen LogP contribution in [-0.4, -0.2) is 16.5 Å². The van der Waals surface area contributed by atoms with Gasteiger partial charge in [0.1, 0.15) is 16.5 Å². The molecule has 0 aromatic carbocycles. The molecule has 0 bridgehead atoms. The van der Waals surface area contributed by atoms with E-state index >= 15 is 0 Å². The molecule has 1 N–H and O–H groups in total. The van der Waals surface area contributed by atoms with Gasteiger partial charge in [0.25, 0.3) is 0 Å². The van der Waals surface area contributed by atoms with E-state index in [1.807, 2.05) is 0 Å². The summed E-state index contributed by atoms with van der Waals surface area (Å²) in [6.45, 7) is 29.7.